The van der Waals surface area contributed by atoms with Gasteiger partial charge in [0.15, 0.2) is 0 Å². The third-order valence-corrected chi connectivity index (χ3v) is 4.43. The third kappa shape index (κ3) is 5.52. The Balaban J connectivity index is 1.71. The molecule has 1 fully saturated rings. The Kier molecular flexibility index (Phi) is 6.86. The molecule has 1 saturated heterocycles. The first-order valence-corrected chi connectivity index (χ1v) is 8.49. The van der Waals surface area contributed by atoms with Crippen molar-refractivity contribution in [3.63, 3.8) is 0 Å². The van der Waals surface area contributed by atoms with E-state index >= 15 is 0 Å². The van der Waals surface area contributed by atoms with Crippen LogP contribution in [-0.4, -0.2) is 61.8 Å². The predicted molar refractivity (Wildman–Crippen MR) is 92.7 cm³/mol. The molecule has 23 heavy (non-hydrogen) atoms. The molecule has 0 spiro atoms. The Bertz CT molecular complexity index is 511. The van der Waals surface area contributed by atoms with Crippen LogP contribution in [0.5, 0.6) is 0 Å². The molecule has 128 valence electrons. The zero-order valence-corrected chi connectivity index (χ0v) is 14.6. The number of piperazine rings is 1. The van der Waals surface area contributed by atoms with Gasteiger partial charge in [0.25, 0.3) is 0 Å². The Labute approximate surface area is 139 Å². The number of hydrogen-bond donors (Lipinski definition) is 1. The highest BCUT2D eigenvalue weighted by Crippen LogP contribution is 2.10. The van der Waals surface area contributed by atoms with Crippen LogP contribution >= 0.6 is 0 Å². The van der Waals surface area contributed by atoms with Crippen molar-refractivity contribution in [2.75, 3.05) is 45.9 Å². The highest BCUT2D eigenvalue weighted by atomic mass is 16.5. The number of urea groups is 1. The molecule has 0 aliphatic carbocycles. The lowest BCUT2D eigenvalue weighted by atomic mass is 10.1. The first-order chi connectivity index (χ1) is 11.1. The minimum atomic E-state index is 0.0349. The summed E-state index contributed by atoms with van der Waals surface area (Å²) in [6, 6.07) is 6.36. The van der Waals surface area contributed by atoms with Crippen LogP contribution in [0.1, 0.15) is 23.6 Å². The maximum Gasteiger partial charge on any atom is 0.317 e. The molecule has 1 aliphatic heterocycles. The SMILES string of the molecule is CCOCCN1CCN(C(=O)NCc2ccc(C)c(C)c2)CC1. The van der Waals surface area contributed by atoms with E-state index in [1.165, 1.54) is 11.1 Å². The van der Waals surface area contributed by atoms with E-state index in [2.05, 4.69) is 42.3 Å². The molecule has 0 aromatic heterocycles. The minimum absolute atomic E-state index is 0.0349. The Morgan fingerprint density at radius 2 is 1.91 bits per heavy atom. The summed E-state index contributed by atoms with van der Waals surface area (Å²) in [5, 5.41) is 3.03. The molecule has 0 saturated carbocycles. The van der Waals surface area contributed by atoms with Gasteiger partial charge in [-0.25, -0.2) is 4.79 Å². The quantitative estimate of drug-likeness (QED) is 0.817. The number of amides is 2. The van der Waals surface area contributed by atoms with Crippen molar-refractivity contribution in [2.24, 2.45) is 0 Å². The third-order valence-electron chi connectivity index (χ3n) is 4.43. The standard InChI is InChI=1S/C18H29N3O2/c1-4-23-12-11-20-7-9-21(10-8-20)18(22)19-14-17-6-5-15(2)16(3)13-17/h5-6,13H,4,7-12,14H2,1-3H3,(H,19,22). The summed E-state index contributed by atoms with van der Waals surface area (Å²) < 4.78 is 5.38. The number of rotatable bonds is 6. The van der Waals surface area contributed by atoms with Crippen LogP contribution in [0, 0.1) is 13.8 Å². The van der Waals surface area contributed by atoms with Gasteiger partial charge in [0.1, 0.15) is 0 Å². The van der Waals surface area contributed by atoms with Gasteiger partial charge in [-0.15, -0.1) is 0 Å². The molecular formula is C18H29N3O2. The summed E-state index contributed by atoms with van der Waals surface area (Å²) in [4.78, 5) is 16.5. The zero-order chi connectivity index (χ0) is 16.7. The molecule has 1 heterocycles. The predicted octanol–water partition coefficient (Wildman–Crippen LogP) is 2.17. The number of benzene rings is 1. The van der Waals surface area contributed by atoms with Gasteiger partial charge in [0.2, 0.25) is 0 Å². The average Bonchev–Trinajstić information content (AvgIpc) is 2.56. The summed E-state index contributed by atoms with van der Waals surface area (Å²) in [5.74, 6) is 0. The van der Waals surface area contributed by atoms with Crippen LogP contribution in [0.4, 0.5) is 4.79 Å². The van der Waals surface area contributed by atoms with Gasteiger partial charge < -0.3 is 15.0 Å². The molecule has 0 radical (unpaired) electrons. The highest BCUT2D eigenvalue weighted by molar-refractivity contribution is 5.74. The van der Waals surface area contributed by atoms with Crippen LogP contribution in [0.3, 0.4) is 0 Å². The molecule has 1 aromatic rings. The maximum absolute atomic E-state index is 12.3. The second kappa shape index (κ2) is 8.89. The van der Waals surface area contributed by atoms with E-state index in [-0.39, 0.29) is 6.03 Å². The number of carbonyl (C=O) groups excluding carboxylic acids is 1. The van der Waals surface area contributed by atoms with Crippen molar-refractivity contribution in [2.45, 2.75) is 27.3 Å². The molecule has 5 heteroatoms. The fourth-order valence-corrected chi connectivity index (χ4v) is 2.72. The Hall–Kier alpha value is -1.59. The van der Waals surface area contributed by atoms with Crippen molar-refractivity contribution < 1.29 is 9.53 Å². The molecule has 0 unspecified atom stereocenters. The van der Waals surface area contributed by atoms with E-state index in [0.717, 1.165) is 51.5 Å². The molecule has 5 nitrogen and oxygen atoms in total. The van der Waals surface area contributed by atoms with Gasteiger partial charge in [0.05, 0.1) is 6.61 Å². The number of nitrogens with one attached hydrogen (secondary N) is 1. The zero-order valence-electron chi connectivity index (χ0n) is 14.6. The number of carbonyl (C=O) groups is 1. The monoisotopic (exact) mass is 319 g/mol. The fourth-order valence-electron chi connectivity index (χ4n) is 2.72. The van der Waals surface area contributed by atoms with Crippen LogP contribution in [0.2, 0.25) is 0 Å². The van der Waals surface area contributed by atoms with Crippen molar-refractivity contribution in [3.05, 3.63) is 34.9 Å². The lowest BCUT2D eigenvalue weighted by Gasteiger charge is -2.34. The summed E-state index contributed by atoms with van der Waals surface area (Å²) in [6.07, 6.45) is 0. The van der Waals surface area contributed by atoms with E-state index in [1.807, 2.05) is 11.8 Å². The number of hydrogen-bond acceptors (Lipinski definition) is 3. The minimum Gasteiger partial charge on any atom is -0.380 e. The second-order valence-electron chi connectivity index (χ2n) is 6.10. The van der Waals surface area contributed by atoms with Crippen molar-refractivity contribution in [1.82, 2.24) is 15.1 Å². The van der Waals surface area contributed by atoms with E-state index in [1.54, 1.807) is 0 Å². The van der Waals surface area contributed by atoms with Crippen LogP contribution in [-0.2, 0) is 11.3 Å². The van der Waals surface area contributed by atoms with E-state index in [0.29, 0.717) is 6.54 Å². The summed E-state index contributed by atoms with van der Waals surface area (Å²) >= 11 is 0. The number of aryl methyl sites for hydroxylation is 2. The molecule has 1 aliphatic rings. The summed E-state index contributed by atoms with van der Waals surface area (Å²) in [6.45, 7) is 12.7. The molecular weight excluding hydrogens is 290 g/mol. The van der Waals surface area contributed by atoms with Crippen LogP contribution in [0.15, 0.2) is 18.2 Å². The topological polar surface area (TPSA) is 44.8 Å². The van der Waals surface area contributed by atoms with Gasteiger partial charge >= 0.3 is 6.03 Å². The summed E-state index contributed by atoms with van der Waals surface area (Å²) in [7, 11) is 0. The van der Waals surface area contributed by atoms with Crippen molar-refractivity contribution >= 4 is 6.03 Å². The van der Waals surface area contributed by atoms with Gasteiger partial charge in [-0.2, -0.15) is 0 Å². The highest BCUT2D eigenvalue weighted by Gasteiger charge is 2.20. The van der Waals surface area contributed by atoms with Gasteiger partial charge in [-0.1, -0.05) is 18.2 Å². The van der Waals surface area contributed by atoms with Gasteiger partial charge in [-0.05, 0) is 37.5 Å². The molecule has 1 N–H and O–H groups in total. The lowest BCUT2D eigenvalue weighted by molar-refractivity contribution is 0.0880. The second-order valence-corrected chi connectivity index (χ2v) is 6.10. The first-order valence-electron chi connectivity index (χ1n) is 8.49. The van der Waals surface area contributed by atoms with Gasteiger partial charge in [-0.3, -0.25) is 4.90 Å². The normalized spacial score (nSPS) is 15.7. The van der Waals surface area contributed by atoms with E-state index in [4.69, 9.17) is 4.74 Å². The average molecular weight is 319 g/mol. The largest absolute Gasteiger partial charge is 0.380 e. The van der Waals surface area contributed by atoms with E-state index in [9.17, 15) is 4.79 Å². The van der Waals surface area contributed by atoms with Crippen molar-refractivity contribution in [1.29, 1.82) is 0 Å². The summed E-state index contributed by atoms with van der Waals surface area (Å²) in [5.41, 5.74) is 3.69. The molecule has 0 bridgehead atoms. The van der Waals surface area contributed by atoms with Crippen LogP contribution in [0.25, 0.3) is 0 Å². The Morgan fingerprint density at radius 3 is 2.57 bits per heavy atom. The Morgan fingerprint density at radius 1 is 1.17 bits per heavy atom. The van der Waals surface area contributed by atoms with Gasteiger partial charge in [0, 0.05) is 45.9 Å². The molecule has 2 rings (SSSR count). The number of nitrogens with zero attached hydrogens (tertiary/aromatic N) is 2. The molecule has 0 atom stereocenters. The maximum atomic E-state index is 12.3. The van der Waals surface area contributed by atoms with E-state index < -0.39 is 0 Å². The number of ether oxygens (including phenoxy) is 1. The van der Waals surface area contributed by atoms with Crippen molar-refractivity contribution in [3.8, 4) is 0 Å². The molecule has 2 amide bonds. The molecule has 1 aromatic carbocycles. The fraction of sp³-hybridized carbons (Fsp3) is 0.611. The first kappa shape index (κ1) is 17.8. The smallest absolute Gasteiger partial charge is 0.317 e. The van der Waals surface area contributed by atoms with Crippen LogP contribution < -0.4 is 5.32 Å². The lowest BCUT2D eigenvalue weighted by Crippen LogP contribution is -2.52.